The maximum absolute atomic E-state index is 12.1. The van der Waals surface area contributed by atoms with E-state index in [-0.39, 0.29) is 22.2 Å². The normalized spacial score (nSPS) is 10.3. The second-order valence-corrected chi connectivity index (χ2v) is 5.49. The van der Waals surface area contributed by atoms with Gasteiger partial charge in [-0.2, -0.15) is 0 Å². The maximum atomic E-state index is 12.1. The van der Waals surface area contributed by atoms with Crippen LogP contribution in [0.15, 0.2) is 24.3 Å². The van der Waals surface area contributed by atoms with Crippen molar-refractivity contribution in [1.29, 1.82) is 0 Å². The third kappa shape index (κ3) is 3.35. The van der Waals surface area contributed by atoms with Gasteiger partial charge >= 0.3 is 5.97 Å². The van der Waals surface area contributed by atoms with Crippen molar-refractivity contribution in [2.45, 2.75) is 20.8 Å². The second kappa shape index (κ2) is 6.79. The molecule has 5 nitrogen and oxygen atoms in total. The molecule has 6 heteroatoms. The SMILES string of the molecule is COC(=O)c1nc(C(C)=O)c(Cl)c(C)c1Nc1ccccc1C. The molecule has 2 aromatic rings. The van der Waals surface area contributed by atoms with Crippen molar-refractivity contribution >= 4 is 34.7 Å². The number of pyridine rings is 1. The summed E-state index contributed by atoms with van der Waals surface area (Å²) in [4.78, 5) is 27.9. The van der Waals surface area contributed by atoms with E-state index in [1.54, 1.807) is 6.92 Å². The van der Waals surface area contributed by atoms with E-state index in [1.165, 1.54) is 14.0 Å². The standard InChI is InChI=1S/C17H17ClN2O3/c1-9-7-5-6-8-12(9)19-14-10(2)13(18)15(11(3)21)20-16(14)17(22)23-4/h5-8,19H,1-4H3. The van der Waals surface area contributed by atoms with Crippen LogP contribution < -0.4 is 5.32 Å². The number of methoxy groups -OCH3 is 1. The fourth-order valence-electron chi connectivity index (χ4n) is 2.16. The van der Waals surface area contributed by atoms with Crippen LogP contribution in [0.1, 0.15) is 39.0 Å². The quantitative estimate of drug-likeness (QED) is 0.674. The zero-order valence-corrected chi connectivity index (χ0v) is 14.1. The van der Waals surface area contributed by atoms with Gasteiger partial charge in [-0.1, -0.05) is 29.8 Å². The van der Waals surface area contributed by atoms with Crippen LogP contribution in [0.4, 0.5) is 11.4 Å². The molecule has 0 bridgehead atoms. The number of halogens is 1. The molecule has 0 fully saturated rings. The van der Waals surface area contributed by atoms with Gasteiger partial charge in [-0.05, 0) is 31.0 Å². The van der Waals surface area contributed by atoms with Crippen LogP contribution in [0, 0.1) is 13.8 Å². The summed E-state index contributed by atoms with van der Waals surface area (Å²) in [5, 5.41) is 3.40. The lowest BCUT2D eigenvalue weighted by Crippen LogP contribution is -2.14. The van der Waals surface area contributed by atoms with Gasteiger partial charge in [-0.3, -0.25) is 4.79 Å². The molecule has 0 aliphatic heterocycles. The molecule has 0 spiro atoms. The van der Waals surface area contributed by atoms with Gasteiger partial charge in [-0.25, -0.2) is 9.78 Å². The average Bonchev–Trinajstić information content (AvgIpc) is 2.52. The average molecular weight is 333 g/mol. The zero-order chi connectivity index (χ0) is 17.1. The molecular weight excluding hydrogens is 316 g/mol. The van der Waals surface area contributed by atoms with E-state index in [9.17, 15) is 9.59 Å². The minimum atomic E-state index is -0.636. The predicted octanol–water partition coefficient (Wildman–Crippen LogP) is 4.08. The van der Waals surface area contributed by atoms with Gasteiger partial charge in [-0.15, -0.1) is 0 Å². The van der Waals surface area contributed by atoms with E-state index in [0.29, 0.717) is 11.3 Å². The first-order valence-corrected chi connectivity index (χ1v) is 7.36. The molecule has 0 radical (unpaired) electrons. The minimum Gasteiger partial charge on any atom is -0.464 e. The molecule has 1 aromatic heterocycles. The van der Waals surface area contributed by atoms with Crippen LogP contribution >= 0.6 is 11.6 Å². The number of ketones is 1. The smallest absolute Gasteiger partial charge is 0.358 e. The van der Waals surface area contributed by atoms with Crippen molar-refractivity contribution in [3.05, 3.63) is 51.8 Å². The van der Waals surface area contributed by atoms with Gasteiger partial charge in [0.15, 0.2) is 11.5 Å². The number of hydrogen-bond donors (Lipinski definition) is 1. The number of carbonyl (C=O) groups is 2. The van der Waals surface area contributed by atoms with Crippen molar-refractivity contribution in [1.82, 2.24) is 4.98 Å². The highest BCUT2D eigenvalue weighted by atomic mass is 35.5. The third-order valence-corrected chi connectivity index (χ3v) is 3.95. The van der Waals surface area contributed by atoms with Crippen LogP contribution in [0.3, 0.4) is 0 Å². The lowest BCUT2D eigenvalue weighted by Gasteiger charge is -2.17. The summed E-state index contributed by atoms with van der Waals surface area (Å²) < 4.78 is 4.78. The van der Waals surface area contributed by atoms with Crippen LogP contribution in [0.5, 0.6) is 0 Å². The Morgan fingerprint density at radius 1 is 1.17 bits per heavy atom. The number of Topliss-reactive ketones (excluding diaryl/α,β-unsaturated/α-hetero) is 1. The van der Waals surface area contributed by atoms with Crippen molar-refractivity contribution in [3.8, 4) is 0 Å². The first-order chi connectivity index (χ1) is 10.9. The number of nitrogens with zero attached hydrogens (tertiary/aromatic N) is 1. The monoisotopic (exact) mass is 332 g/mol. The number of aryl methyl sites for hydroxylation is 1. The molecule has 120 valence electrons. The lowest BCUT2D eigenvalue weighted by atomic mass is 10.1. The van der Waals surface area contributed by atoms with Crippen LogP contribution in [-0.4, -0.2) is 23.8 Å². The molecule has 0 aliphatic carbocycles. The Labute approximate surface area is 139 Å². The van der Waals surface area contributed by atoms with Gasteiger partial charge in [0, 0.05) is 12.6 Å². The number of aromatic nitrogens is 1. The Hall–Kier alpha value is -2.40. The topological polar surface area (TPSA) is 68.3 Å². The van der Waals surface area contributed by atoms with Crippen molar-refractivity contribution < 1.29 is 14.3 Å². The summed E-state index contributed by atoms with van der Waals surface area (Å²) in [5.74, 6) is -0.950. The van der Waals surface area contributed by atoms with E-state index in [2.05, 4.69) is 10.3 Å². The van der Waals surface area contributed by atoms with Crippen LogP contribution in [0.25, 0.3) is 0 Å². The van der Waals surface area contributed by atoms with E-state index >= 15 is 0 Å². The van der Waals surface area contributed by atoms with Gasteiger partial charge < -0.3 is 10.1 Å². The van der Waals surface area contributed by atoms with Gasteiger partial charge in [0.05, 0.1) is 17.8 Å². The molecule has 2 rings (SSSR count). The second-order valence-electron chi connectivity index (χ2n) is 5.11. The third-order valence-electron chi connectivity index (χ3n) is 3.49. The van der Waals surface area contributed by atoms with Crippen molar-refractivity contribution in [2.75, 3.05) is 12.4 Å². The molecule has 0 saturated heterocycles. The highest BCUT2D eigenvalue weighted by Crippen LogP contribution is 2.32. The highest BCUT2D eigenvalue weighted by Gasteiger charge is 2.23. The van der Waals surface area contributed by atoms with Gasteiger partial charge in [0.2, 0.25) is 0 Å². The van der Waals surface area contributed by atoms with E-state index in [4.69, 9.17) is 16.3 Å². The largest absolute Gasteiger partial charge is 0.464 e. The number of anilines is 2. The fourth-order valence-corrected chi connectivity index (χ4v) is 2.43. The van der Waals surface area contributed by atoms with Crippen molar-refractivity contribution in [2.24, 2.45) is 0 Å². The Morgan fingerprint density at radius 2 is 1.83 bits per heavy atom. The highest BCUT2D eigenvalue weighted by molar-refractivity contribution is 6.35. The number of benzene rings is 1. The van der Waals surface area contributed by atoms with E-state index in [1.807, 2.05) is 31.2 Å². The Balaban J connectivity index is 2.66. The predicted molar refractivity (Wildman–Crippen MR) is 89.8 cm³/mol. The molecule has 0 amide bonds. The first-order valence-electron chi connectivity index (χ1n) is 6.98. The zero-order valence-electron chi connectivity index (χ0n) is 13.4. The molecule has 0 atom stereocenters. The van der Waals surface area contributed by atoms with E-state index in [0.717, 1.165) is 11.3 Å². The molecule has 0 aliphatic rings. The number of hydrogen-bond acceptors (Lipinski definition) is 5. The van der Waals surface area contributed by atoms with Crippen molar-refractivity contribution in [3.63, 3.8) is 0 Å². The molecule has 1 N–H and O–H groups in total. The Morgan fingerprint density at radius 3 is 2.39 bits per heavy atom. The minimum absolute atomic E-state index is 0.0304. The van der Waals surface area contributed by atoms with Crippen LogP contribution in [0.2, 0.25) is 5.02 Å². The lowest BCUT2D eigenvalue weighted by molar-refractivity contribution is 0.0595. The number of rotatable bonds is 4. The summed E-state index contributed by atoms with van der Waals surface area (Å²) in [6.07, 6.45) is 0. The molecular formula is C17H17ClN2O3. The summed E-state index contributed by atoms with van der Waals surface area (Å²) in [6.45, 7) is 5.01. The summed E-state index contributed by atoms with van der Waals surface area (Å²) >= 11 is 6.24. The number of para-hydroxylation sites is 1. The number of ether oxygens (including phenoxy) is 1. The van der Waals surface area contributed by atoms with Gasteiger partial charge in [0.1, 0.15) is 5.69 Å². The molecule has 0 saturated carbocycles. The maximum Gasteiger partial charge on any atom is 0.358 e. The Bertz CT molecular complexity index is 788. The van der Waals surface area contributed by atoms with Crippen LogP contribution in [-0.2, 0) is 4.74 Å². The first kappa shape index (κ1) is 17.0. The fraction of sp³-hybridized carbons (Fsp3) is 0.235. The molecule has 0 unspecified atom stereocenters. The van der Waals surface area contributed by atoms with Gasteiger partial charge in [0.25, 0.3) is 0 Å². The summed E-state index contributed by atoms with van der Waals surface area (Å²) in [5.41, 5.74) is 2.89. The number of esters is 1. The number of carbonyl (C=O) groups excluding carboxylic acids is 2. The molecule has 23 heavy (non-hydrogen) atoms. The van der Waals surface area contributed by atoms with E-state index < -0.39 is 5.97 Å². The number of nitrogens with one attached hydrogen (secondary N) is 1. The summed E-state index contributed by atoms with van der Waals surface area (Å²) in [7, 11) is 1.26. The molecule has 1 heterocycles. The Kier molecular flexibility index (Phi) is 5.01. The summed E-state index contributed by atoms with van der Waals surface area (Å²) in [6, 6.07) is 7.61. The molecule has 1 aromatic carbocycles.